The lowest BCUT2D eigenvalue weighted by atomic mass is 9.92. The molecule has 0 saturated heterocycles. The summed E-state index contributed by atoms with van der Waals surface area (Å²) < 4.78 is 8.31. The Kier molecular flexibility index (Phi) is 6.64. The number of unbranched alkanes of at least 4 members (excludes halogenated alkanes) is 3. The molecule has 0 amide bonds. The fourth-order valence-corrected chi connectivity index (χ4v) is 4.68. The Morgan fingerprint density at radius 3 is 2.03 bits per heavy atom. The first-order valence-corrected chi connectivity index (χ1v) is 11.9. The summed E-state index contributed by atoms with van der Waals surface area (Å²) >= 11 is 7.13. The molecule has 0 radical (unpaired) electrons. The van der Waals surface area contributed by atoms with Crippen molar-refractivity contribution in [3.63, 3.8) is 0 Å². The number of aromatic hydroxyl groups is 1. The van der Waals surface area contributed by atoms with Crippen LogP contribution in [0.2, 0.25) is 0 Å². The number of phenols is 1. The van der Waals surface area contributed by atoms with E-state index in [2.05, 4.69) is 69.1 Å². The molecule has 30 heavy (non-hydrogen) atoms. The van der Waals surface area contributed by atoms with Crippen molar-refractivity contribution in [1.29, 1.82) is 0 Å². The molecule has 0 atom stereocenters. The first kappa shape index (κ1) is 21.2. The van der Waals surface area contributed by atoms with Gasteiger partial charge >= 0.3 is 0 Å². The fraction of sp³-hybridized carbons (Fsp3) is 0.231. The average molecular weight is 528 g/mol. The molecule has 4 aromatic rings. The van der Waals surface area contributed by atoms with Crippen molar-refractivity contribution in [2.75, 3.05) is 6.61 Å². The third kappa shape index (κ3) is 4.35. The molecule has 0 aliphatic carbocycles. The van der Waals surface area contributed by atoms with Gasteiger partial charge in [0.15, 0.2) is 0 Å². The Balaban J connectivity index is 1.91. The Labute approximate surface area is 194 Å². The summed E-state index contributed by atoms with van der Waals surface area (Å²) in [7, 11) is 0. The molecule has 0 spiro atoms. The maximum absolute atomic E-state index is 10.9. The van der Waals surface area contributed by atoms with Crippen LogP contribution < -0.4 is 4.74 Å². The van der Waals surface area contributed by atoms with Gasteiger partial charge in [-0.2, -0.15) is 0 Å². The summed E-state index contributed by atoms with van der Waals surface area (Å²) in [5.74, 6) is 1.07. The minimum atomic E-state index is 0.260. The predicted octanol–water partition coefficient (Wildman–Crippen LogP) is 8.85. The third-order valence-electron chi connectivity index (χ3n) is 5.41. The maximum Gasteiger partial charge on any atom is 0.127 e. The molecule has 4 aromatic carbocycles. The van der Waals surface area contributed by atoms with Crippen molar-refractivity contribution in [3.8, 4) is 22.6 Å². The summed E-state index contributed by atoms with van der Waals surface area (Å²) in [6, 6.07) is 20.2. The van der Waals surface area contributed by atoms with Crippen LogP contribution in [-0.2, 0) is 0 Å². The molecule has 1 N–H and O–H groups in total. The number of benzene rings is 4. The fourth-order valence-electron chi connectivity index (χ4n) is 3.92. The number of hydrogen-bond donors (Lipinski definition) is 1. The van der Waals surface area contributed by atoms with Crippen molar-refractivity contribution in [2.45, 2.75) is 32.6 Å². The summed E-state index contributed by atoms with van der Waals surface area (Å²) in [5, 5.41) is 15.2. The van der Waals surface area contributed by atoms with Crippen LogP contribution in [0, 0.1) is 0 Å². The number of hydrogen-bond acceptors (Lipinski definition) is 2. The highest BCUT2D eigenvalue weighted by Crippen LogP contribution is 2.45. The van der Waals surface area contributed by atoms with Crippen LogP contribution in [-0.4, -0.2) is 11.7 Å². The average Bonchev–Trinajstić information content (AvgIpc) is 2.74. The summed E-state index contributed by atoms with van der Waals surface area (Å²) in [5.41, 5.74) is 1.76. The van der Waals surface area contributed by atoms with E-state index in [0.717, 1.165) is 53.8 Å². The molecule has 0 aliphatic heterocycles. The standard InChI is InChI=1S/C26H24Br2O2/c1-2-3-4-5-14-30-24-13-7-18-16-20(28)9-11-22(18)26(24)25-21-10-8-19(27)15-17(21)6-12-23(25)29/h6-13,15-16,29H,2-5,14H2,1H3. The van der Waals surface area contributed by atoms with Gasteiger partial charge in [0, 0.05) is 20.1 Å². The summed E-state index contributed by atoms with van der Waals surface area (Å²) in [6.45, 7) is 2.88. The molecule has 0 unspecified atom stereocenters. The van der Waals surface area contributed by atoms with E-state index in [9.17, 15) is 5.11 Å². The lowest BCUT2D eigenvalue weighted by molar-refractivity contribution is 0.306. The highest BCUT2D eigenvalue weighted by atomic mass is 79.9. The molecule has 0 bridgehead atoms. The molecule has 4 heteroatoms. The Bertz CT molecular complexity index is 1200. The van der Waals surface area contributed by atoms with E-state index >= 15 is 0 Å². The Hall–Kier alpha value is -2.04. The number of ether oxygens (including phenoxy) is 1. The van der Waals surface area contributed by atoms with E-state index < -0.39 is 0 Å². The summed E-state index contributed by atoms with van der Waals surface area (Å²) in [4.78, 5) is 0. The zero-order valence-corrected chi connectivity index (χ0v) is 20.1. The number of halogens is 2. The molecule has 2 nitrogen and oxygen atoms in total. The Morgan fingerprint density at radius 2 is 1.37 bits per heavy atom. The number of phenolic OH excluding ortho intramolecular Hbond substituents is 1. The highest BCUT2D eigenvalue weighted by Gasteiger charge is 2.18. The second-order valence-corrected chi connectivity index (χ2v) is 9.37. The van der Waals surface area contributed by atoms with E-state index in [-0.39, 0.29) is 5.75 Å². The van der Waals surface area contributed by atoms with Crippen molar-refractivity contribution in [3.05, 3.63) is 69.6 Å². The highest BCUT2D eigenvalue weighted by molar-refractivity contribution is 9.10. The molecule has 0 aromatic heterocycles. The van der Waals surface area contributed by atoms with Gasteiger partial charge < -0.3 is 9.84 Å². The first-order valence-electron chi connectivity index (χ1n) is 10.3. The number of fused-ring (bicyclic) bond motifs is 2. The van der Waals surface area contributed by atoms with E-state index in [1.165, 1.54) is 19.3 Å². The van der Waals surface area contributed by atoms with Crippen LogP contribution >= 0.6 is 31.9 Å². The van der Waals surface area contributed by atoms with Gasteiger partial charge in [-0.25, -0.2) is 0 Å². The van der Waals surface area contributed by atoms with E-state index in [1.807, 2.05) is 24.3 Å². The Morgan fingerprint density at radius 1 is 0.733 bits per heavy atom. The van der Waals surface area contributed by atoms with Crippen LogP contribution in [0.4, 0.5) is 0 Å². The van der Waals surface area contributed by atoms with Gasteiger partial charge in [0.1, 0.15) is 11.5 Å². The molecule has 4 rings (SSSR count). The van der Waals surface area contributed by atoms with Crippen LogP contribution in [0.15, 0.2) is 69.6 Å². The second kappa shape index (κ2) is 9.40. The van der Waals surface area contributed by atoms with Crippen molar-refractivity contribution in [1.82, 2.24) is 0 Å². The summed E-state index contributed by atoms with van der Waals surface area (Å²) in [6.07, 6.45) is 4.62. The van der Waals surface area contributed by atoms with Gasteiger partial charge in [-0.3, -0.25) is 0 Å². The lowest BCUT2D eigenvalue weighted by Gasteiger charge is -2.18. The van der Waals surface area contributed by atoms with E-state index in [0.29, 0.717) is 6.61 Å². The van der Waals surface area contributed by atoms with Crippen LogP contribution in [0.5, 0.6) is 11.5 Å². The monoisotopic (exact) mass is 526 g/mol. The van der Waals surface area contributed by atoms with E-state index in [4.69, 9.17) is 4.74 Å². The second-order valence-electron chi connectivity index (χ2n) is 7.54. The van der Waals surface area contributed by atoms with Gasteiger partial charge in [0.25, 0.3) is 0 Å². The zero-order chi connectivity index (χ0) is 21.1. The molecule has 0 saturated carbocycles. The molecule has 0 heterocycles. The SMILES string of the molecule is CCCCCCOc1ccc2cc(Br)ccc2c1-c1c(O)ccc2cc(Br)ccc12. The van der Waals surface area contributed by atoms with Gasteiger partial charge in [0.05, 0.1) is 6.61 Å². The third-order valence-corrected chi connectivity index (χ3v) is 6.40. The van der Waals surface area contributed by atoms with Crippen molar-refractivity contribution < 1.29 is 9.84 Å². The minimum absolute atomic E-state index is 0.260. The first-order chi connectivity index (χ1) is 14.6. The zero-order valence-electron chi connectivity index (χ0n) is 16.9. The maximum atomic E-state index is 10.9. The van der Waals surface area contributed by atoms with Gasteiger partial charge in [-0.1, -0.05) is 82.3 Å². The van der Waals surface area contributed by atoms with E-state index in [1.54, 1.807) is 6.07 Å². The van der Waals surface area contributed by atoms with Crippen LogP contribution in [0.25, 0.3) is 32.7 Å². The van der Waals surface area contributed by atoms with Crippen molar-refractivity contribution >= 4 is 53.4 Å². The van der Waals surface area contributed by atoms with Gasteiger partial charge in [-0.05, 0) is 64.4 Å². The lowest BCUT2D eigenvalue weighted by Crippen LogP contribution is -2.00. The topological polar surface area (TPSA) is 29.5 Å². The normalized spacial score (nSPS) is 11.3. The minimum Gasteiger partial charge on any atom is -0.507 e. The number of rotatable bonds is 7. The molecular weight excluding hydrogens is 504 g/mol. The quantitative estimate of drug-likeness (QED) is 0.243. The van der Waals surface area contributed by atoms with Crippen LogP contribution in [0.3, 0.4) is 0 Å². The van der Waals surface area contributed by atoms with Gasteiger partial charge in [-0.15, -0.1) is 0 Å². The van der Waals surface area contributed by atoms with Gasteiger partial charge in [0.2, 0.25) is 0 Å². The largest absolute Gasteiger partial charge is 0.507 e. The molecular formula is C26H24Br2O2. The predicted molar refractivity (Wildman–Crippen MR) is 134 cm³/mol. The smallest absolute Gasteiger partial charge is 0.127 e. The molecule has 0 aliphatic rings. The van der Waals surface area contributed by atoms with Crippen LogP contribution in [0.1, 0.15) is 32.6 Å². The molecule has 0 fully saturated rings. The van der Waals surface area contributed by atoms with Crippen molar-refractivity contribution in [2.24, 2.45) is 0 Å². The molecule has 154 valence electrons.